The first kappa shape index (κ1) is 14.2. The summed E-state index contributed by atoms with van der Waals surface area (Å²) in [5.74, 6) is 0. The van der Waals surface area contributed by atoms with Crippen molar-refractivity contribution in [2.24, 2.45) is 7.05 Å². The molecule has 0 aliphatic carbocycles. The third kappa shape index (κ3) is 2.26. The molecule has 0 spiro atoms. The van der Waals surface area contributed by atoms with Crippen molar-refractivity contribution < 1.29 is 0 Å². The van der Waals surface area contributed by atoms with E-state index < -0.39 is 0 Å². The molecule has 2 aromatic heterocycles. The summed E-state index contributed by atoms with van der Waals surface area (Å²) >= 11 is 2.94. The second kappa shape index (κ2) is 5.57. The van der Waals surface area contributed by atoms with Crippen molar-refractivity contribution in [2.75, 3.05) is 12.5 Å². The Kier molecular flexibility index (Phi) is 3.77. The van der Waals surface area contributed by atoms with Crippen LogP contribution in [0.5, 0.6) is 0 Å². The van der Waals surface area contributed by atoms with Crippen molar-refractivity contribution in [1.29, 1.82) is 0 Å². The number of nitrogens with zero attached hydrogens (tertiary/aromatic N) is 4. The van der Waals surface area contributed by atoms with E-state index in [1.165, 1.54) is 23.5 Å². The van der Waals surface area contributed by atoms with Crippen molar-refractivity contribution in [3.05, 3.63) is 40.7 Å². The highest BCUT2D eigenvalue weighted by atomic mass is 32.2. The Morgan fingerprint density at radius 3 is 2.24 bits per heavy atom. The summed E-state index contributed by atoms with van der Waals surface area (Å²) in [4.78, 5) is 21.9. The van der Waals surface area contributed by atoms with E-state index in [0.717, 1.165) is 10.8 Å². The van der Waals surface area contributed by atoms with E-state index in [9.17, 15) is 4.79 Å². The van der Waals surface area contributed by atoms with Gasteiger partial charge in [-0.1, -0.05) is 41.7 Å². The predicted molar refractivity (Wildman–Crippen MR) is 87.7 cm³/mol. The lowest BCUT2D eigenvalue weighted by molar-refractivity contribution is 0.791. The smallest absolute Gasteiger partial charge is 0.285 e. The first-order chi connectivity index (χ1) is 10.2. The molecule has 0 fully saturated rings. The number of rotatable bonds is 3. The van der Waals surface area contributed by atoms with Crippen molar-refractivity contribution in [3.8, 4) is 5.69 Å². The maximum atomic E-state index is 12.9. The van der Waals surface area contributed by atoms with E-state index in [2.05, 4.69) is 9.97 Å². The molecule has 1 aromatic carbocycles. The molecule has 0 amide bonds. The van der Waals surface area contributed by atoms with Gasteiger partial charge in [-0.3, -0.25) is 9.36 Å². The predicted octanol–water partition coefficient (Wildman–Crippen LogP) is 2.56. The van der Waals surface area contributed by atoms with Gasteiger partial charge < -0.3 is 4.57 Å². The molecular weight excluding hydrogens is 304 g/mol. The molecule has 0 atom stereocenters. The van der Waals surface area contributed by atoms with Gasteiger partial charge in [-0.05, 0) is 24.6 Å². The molecule has 0 N–H and O–H groups in total. The van der Waals surface area contributed by atoms with Gasteiger partial charge in [0.15, 0.2) is 21.5 Å². The highest BCUT2D eigenvalue weighted by molar-refractivity contribution is 7.98. The highest BCUT2D eigenvalue weighted by Crippen LogP contribution is 2.22. The highest BCUT2D eigenvalue weighted by Gasteiger charge is 2.17. The monoisotopic (exact) mass is 318 g/mol. The quantitative estimate of drug-likeness (QED) is 0.549. The fourth-order valence-corrected chi connectivity index (χ4v) is 3.33. The summed E-state index contributed by atoms with van der Waals surface area (Å²) in [6, 6.07) is 9.55. The maximum absolute atomic E-state index is 12.9. The van der Waals surface area contributed by atoms with E-state index >= 15 is 0 Å². The van der Waals surface area contributed by atoms with Gasteiger partial charge in [0, 0.05) is 7.05 Å². The zero-order chi connectivity index (χ0) is 15.0. The molecule has 5 nitrogen and oxygen atoms in total. The molecular formula is C14H14N4OS2. The molecule has 3 rings (SSSR count). The second-order valence-electron chi connectivity index (χ2n) is 4.40. The van der Waals surface area contributed by atoms with Crippen LogP contribution >= 0.6 is 23.5 Å². The van der Waals surface area contributed by atoms with Gasteiger partial charge in [-0.25, -0.2) is 9.97 Å². The minimum absolute atomic E-state index is 0.0918. The van der Waals surface area contributed by atoms with Crippen LogP contribution in [0.2, 0.25) is 0 Å². The van der Waals surface area contributed by atoms with Gasteiger partial charge in [0.25, 0.3) is 5.56 Å². The summed E-state index contributed by atoms with van der Waals surface area (Å²) < 4.78 is 3.44. The molecule has 108 valence electrons. The summed E-state index contributed by atoms with van der Waals surface area (Å²) in [6.45, 7) is 0. The van der Waals surface area contributed by atoms with E-state index in [1.54, 1.807) is 9.13 Å². The molecule has 0 bridgehead atoms. The van der Waals surface area contributed by atoms with Crippen LogP contribution in [0.4, 0.5) is 0 Å². The first-order valence-corrected chi connectivity index (χ1v) is 8.75. The van der Waals surface area contributed by atoms with Crippen LogP contribution in [-0.4, -0.2) is 31.6 Å². The number of para-hydroxylation sites is 1. The van der Waals surface area contributed by atoms with Crippen molar-refractivity contribution in [2.45, 2.75) is 10.3 Å². The van der Waals surface area contributed by atoms with Crippen LogP contribution in [0.1, 0.15) is 0 Å². The average Bonchev–Trinajstić information content (AvgIpc) is 2.84. The first-order valence-electron chi connectivity index (χ1n) is 6.30. The lowest BCUT2D eigenvalue weighted by atomic mass is 10.3. The van der Waals surface area contributed by atoms with E-state index in [0.29, 0.717) is 16.3 Å². The molecule has 0 aliphatic heterocycles. The summed E-state index contributed by atoms with van der Waals surface area (Å²) in [5, 5.41) is 1.43. The minimum atomic E-state index is -0.0918. The molecule has 7 heteroatoms. The summed E-state index contributed by atoms with van der Waals surface area (Å²) in [5.41, 5.74) is 1.75. The van der Waals surface area contributed by atoms with Gasteiger partial charge in [0.2, 0.25) is 0 Å². The number of hydrogen-bond donors (Lipinski definition) is 0. The molecule has 3 aromatic rings. The summed E-state index contributed by atoms with van der Waals surface area (Å²) in [7, 11) is 1.85. The number of benzene rings is 1. The molecule has 0 saturated carbocycles. The topological polar surface area (TPSA) is 52.7 Å². The standard InChI is InChI=1S/C14H14N4OS2/c1-17-10-11(15-13(17)20-2)16-14(21-3)18(12(10)19)9-7-5-4-6-8-9/h4-8H,1-3H3. The van der Waals surface area contributed by atoms with Gasteiger partial charge in [-0.15, -0.1) is 0 Å². The largest absolute Gasteiger partial charge is 0.316 e. The number of thioether (sulfide) groups is 2. The Bertz CT molecular complexity index is 855. The Hall–Kier alpha value is -1.73. The van der Waals surface area contributed by atoms with E-state index in [-0.39, 0.29) is 5.56 Å². The Morgan fingerprint density at radius 1 is 1.00 bits per heavy atom. The van der Waals surface area contributed by atoms with Crippen LogP contribution in [-0.2, 0) is 7.05 Å². The van der Waals surface area contributed by atoms with Crippen molar-refractivity contribution in [1.82, 2.24) is 19.1 Å². The Labute approximate surface area is 130 Å². The minimum Gasteiger partial charge on any atom is -0.316 e. The molecule has 0 aliphatic rings. The van der Waals surface area contributed by atoms with Crippen molar-refractivity contribution >= 4 is 34.7 Å². The molecule has 0 saturated heterocycles. The van der Waals surface area contributed by atoms with Crippen LogP contribution in [0.25, 0.3) is 16.9 Å². The van der Waals surface area contributed by atoms with E-state index in [4.69, 9.17) is 0 Å². The van der Waals surface area contributed by atoms with Gasteiger partial charge in [-0.2, -0.15) is 0 Å². The average molecular weight is 318 g/mol. The molecule has 0 radical (unpaired) electrons. The van der Waals surface area contributed by atoms with E-state index in [1.807, 2.05) is 49.9 Å². The molecule has 2 heterocycles. The van der Waals surface area contributed by atoms with Crippen molar-refractivity contribution in [3.63, 3.8) is 0 Å². The maximum Gasteiger partial charge on any atom is 0.285 e. The lowest BCUT2D eigenvalue weighted by Gasteiger charge is -2.10. The number of imidazole rings is 1. The van der Waals surface area contributed by atoms with Crippen LogP contribution in [0, 0.1) is 0 Å². The fourth-order valence-electron chi connectivity index (χ4n) is 2.24. The SMILES string of the molecule is CSc1nc2nc(SC)n(C)c2c(=O)n1-c1ccccc1. The Balaban J connectivity index is 2.41. The normalized spacial score (nSPS) is 11.2. The molecule has 0 unspecified atom stereocenters. The molecule has 21 heavy (non-hydrogen) atoms. The third-order valence-electron chi connectivity index (χ3n) is 3.21. The third-order valence-corrected chi connectivity index (χ3v) is 4.58. The van der Waals surface area contributed by atoms with Crippen LogP contribution in [0.15, 0.2) is 45.4 Å². The fraction of sp³-hybridized carbons (Fsp3) is 0.214. The zero-order valence-electron chi connectivity index (χ0n) is 11.9. The van der Waals surface area contributed by atoms with Gasteiger partial charge >= 0.3 is 0 Å². The number of fused-ring (bicyclic) bond motifs is 1. The number of aryl methyl sites for hydroxylation is 1. The Morgan fingerprint density at radius 2 is 1.62 bits per heavy atom. The zero-order valence-corrected chi connectivity index (χ0v) is 13.5. The van der Waals surface area contributed by atoms with Crippen LogP contribution in [0.3, 0.4) is 0 Å². The summed E-state index contributed by atoms with van der Waals surface area (Å²) in [6.07, 6.45) is 3.85. The second-order valence-corrected chi connectivity index (χ2v) is 5.95. The van der Waals surface area contributed by atoms with Gasteiger partial charge in [0.05, 0.1) is 5.69 Å². The van der Waals surface area contributed by atoms with Crippen LogP contribution < -0.4 is 5.56 Å². The number of aromatic nitrogens is 4. The lowest BCUT2D eigenvalue weighted by Crippen LogP contribution is -2.23. The van der Waals surface area contributed by atoms with Gasteiger partial charge in [0.1, 0.15) is 0 Å². The number of hydrogen-bond acceptors (Lipinski definition) is 5.